The third-order valence-corrected chi connectivity index (χ3v) is 3.91. The van der Waals surface area contributed by atoms with E-state index in [1.807, 2.05) is 6.92 Å². The fourth-order valence-electron chi connectivity index (χ4n) is 2.04. The fourth-order valence-corrected chi connectivity index (χ4v) is 3.12. The molecule has 0 aliphatic heterocycles. The van der Waals surface area contributed by atoms with Crippen LogP contribution in [0.3, 0.4) is 0 Å². The Morgan fingerprint density at radius 1 is 1.38 bits per heavy atom. The summed E-state index contributed by atoms with van der Waals surface area (Å²) < 4.78 is 44.0. The van der Waals surface area contributed by atoms with Crippen molar-refractivity contribution in [3.63, 3.8) is 0 Å². The molecule has 7 heteroatoms. The van der Waals surface area contributed by atoms with E-state index in [0.717, 1.165) is 6.26 Å². The molecule has 0 bridgehead atoms. The summed E-state index contributed by atoms with van der Waals surface area (Å²) in [5, 5.41) is 3.13. The molecular formula is C14H23FN2O3S. The van der Waals surface area contributed by atoms with Gasteiger partial charge in [-0.3, -0.25) is 0 Å². The number of nitrogens with one attached hydrogen (secondary N) is 2. The molecule has 1 aromatic rings. The van der Waals surface area contributed by atoms with E-state index in [0.29, 0.717) is 17.9 Å². The summed E-state index contributed by atoms with van der Waals surface area (Å²) in [6.45, 7) is 5.71. The molecule has 21 heavy (non-hydrogen) atoms. The SMILES string of the molecule is COc1ccc(C(C)NCC(C)(C)NS(C)(=O)=O)c(F)c1. The predicted molar refractivity (Wildman–Crippen MR) is 81.4 cm³/mol. The maximum Gasteiger partial charge on any atom is 0.209 e. The average Bonchev–Trinajstić information content (AvgIpc) is 2.33. The lowest BCUT2D eigenvalue weighted by atomic mass is 10.0. The molecular weight excluding hydrogens is 295 g/mol. The van der Waals surface area contributed by atoms with Gasteiger partial charge in [-0.05, 0) is 26.8 Å². The van der Waals surface area contributed by atoms with Crippen LogP contribution in [0, 0.1) is 5.82 Å². The van der Waals surface area contributed by atoms with Crippen LogP contribution in [0.4, 0.5) is 4.39 Å². The molecule has 1 rings (SSSR count). The first-order valence-corrected chi connectivity index (χ1v) is 8.49. The van der Waals surface area contributed by atoms with E-state index >= 15 is 0 Å². The number of halogens is 1. The molecule has 2 N–H and O–H groups in total. The van der Waals surface area contributed by atoms with Gasteiger partial charge in [-0.2, -0.15) is 0 Å². The maximum atomic E-state index is 13.9. The van der Waals surface area contributed by atoms with E-state index in [1.54, 1.807) is 26.0 Å². The van der Waals surface area contributed by atoms with E-state index in [2.05, 4.69) is 10.0 Å². The first-order chi connectivity index (χ1) is 9.54. The van der Waals surface area contributed by atoms with Gasteiger partial charge in [0.15, 0.2) is 0 Å². The van der Waals surface area contributed by atoms with Crippen LogP contribution in [0.5, 0.6) is 5.75 Å². The minimum atomic E-state index is -3.29. The highest BCUT2D eigenvalue weighted by molar-refractivity contribution is 7.88. The topological polar surface area (TPSA) is 67.4 Å². The molecule has 0 radical (unpaired) electrons. The van der Waals surface area contributed by atoms with Gasteiger partial charge in [-0.25, -0.2) is 17.5 Å². The summed E-state index contributed by atoms with van der Waals surface area (Å²) in [6.07, 6.45) is 1.11. The summed E-state index contributed by atoms with van der Waals surface area (Å²) >= 11 is 0. The third-order valence-electron chi connectivity index (χ3n) is 2.99. The Labute approximate surface area is 125 Å². The molecule has 0 aliphatic carbocycles. The van der Waals surface area contributed by atoms with Crippen molar-refractivity contribution < 1.29 is 17.5 Å². The molecule has 120 valence electrons. The van der Waals surface area contributed by atoms with Crippen molar-refractivity contribution in [3.05, 3.63) is 29.6 Å². The van der Waals surface area contributed by atoms with Crippen LogP contribution >= 0.6 is 0 Å². The monoisotopic (exact) mass is 318 g/mol. The van der Waals surface area contributed by atoms with Crippen LogP contribution in [0.2, 0.25) is 0 Å². The molecule has 1 aromatic carbocycles. The summed E-state index contributed by atoms with van der Waals surface area (Å²) in [4.78, 5) is 0. The number of benzene rings is 1. The summed E-state index contributed by atoms with van der Waals surface area (Å²) in [7, 11) is -1.81. The van der Waals surface area contributed by atoms with Gasteiger partial charge < -0.3 is 10.1 Å². The smallest absolute Gasteiger partial charge is 0.209 e. The highest BCUT2D eigenvalue weighted by Crippen LogP contribution is 2.22. The second-order valence-corrected chi connectivity index (χ2v) is 7.50. The van der Waals surface area contributed by atoms with Gasteiger partial charge in [0, 0.05) is 29.8 Å². The fraction of sp³-hybridized carbons (Fsp3) is 0.571. The summed E-state index contributed by atoms with van der Waals surface area (Å²) in [5.74, 6) is 0.103. The Morgan fingerprint density at radius 3 is 2.48 bits per heavy atom. The minimum Gasteiger partial charge on any atom is -0.497 e. The lowest BCUT2D eigenvalue weighted by Crippen LogP contribution is -2.50. The molecule has 0 heterocycles. The number of methoxy groups -OCH3 is 1. The zero-order chi connectivity index (χ0) is 16.3. The highest BCUT2D eigenvalue weighted by Gasteiger charge is 2.23. The van der Waals surface area contributed by atoms with Crippen LogP contribution in [-0.4, -0.2) is 33.9 Å². The quantitative estimate of drug-likeness (QED) is 0.805. The van der Waals surface area contributed by atoms with Crippen molar-refractivity contribution in [3.8, 4) is 5.75 Å². The third kappa shape index (κ3) is 5.99. The second-order valence-electron chi connectivity index (χ2n) is 5.75. The Hall–Kier alpha value is -1.18. The molecule has 0 spiro atoms. The lowest BCUT2D eigenvalue weighted by Gasteiger charge is -2.27. The molecule has 0 amide bonds. The number of ether oxygens (including phenoxy) is 1. The molecule has 0 saturated carbocycles. The van der Waals surface area contributed by atoms with Gasteiger partial charge in [0.25, 0.3) is 0 Å². The van der Waals surface area contributed by atoms with E-state index in [-0.39, 0.29) is 11.9 Å². The Balaban J connectivity index is 2.71. The van der Waals surface area contributed by atoms with Crippen LogP contribution < -0.4 is 14.8 Å². The maximum absolute atomic E-state index is 13.9. The second kappa shape index (κ2) is 6.72. The van der Waals surface area contributed by atoms with Crippen LogP contribution in [0.25, 0.3) is 0 Å². The molecule has 5 nitrogen and oxygen atoms in total. The van der Waals surface area contributed by atoms with Gasteiger partial charge >= 0.3 is 0 Å². The summed E-state index contributed by atoms with van der Waals surface area (Å²) in [5.41, 5.74) is -0.156. The van der Waals surface area contributed by atoms with Crippen molar-refractivity contribution in [1.82, 2.24) is 10.0 Å². The van der Waals surface area contributed by atoms with Gasteiger partial charge in [-0.15, -0.1) is 0 Å². The predicted octanol–water partition coefficient (Wildman–Crippen LogP) is 1.81. The van der Waals surface area contributed by atoms with Crippen LogP contribution in [0.15, 0.2) is 18.2 Å². The molecule has 0 aliphatic rings. The first-order valence-electron chi connectivity index (χ1n) is 6.60. The van der Waals surface area contributed by atoms with Gasteiger partial charge in [0.1, 0.15) is 11.6 Å². The van der Waals surface area contributed by atoms with E-state index in [9.17, 15) is 12.8 Å². The zero-order valence-corrected chi connectivity index (χ0v) is 13.8. The van der Waals surface area contributed by atoms with Crippen molar-refractivity contribution in [2.45, 2.75) is 32.4 Å². The van der Waals surface area contributed by atoms with E-state index in [1.165, 1.54) is 13.2 Å². The van der Waals surface area contributed by atoms with Crippen molar-refractivity contribution in [2.75, 3.05) is 19.9 Å². The van der Waals surface area contributed by atoms with Crippen LogP contribution in [0.1, 0.15) is 32.4 Å². The Morgan fingerprint density at radius 2 is 2.00 bits per heavy atom. The molecule has 0 fully saturated rings. The minimum absolute atomic E-state index is 0.253. The largest absolute Gasteiger partial charge is 0.497 e. The first kappa shape index (κ1) is 17.9. The van der Waals surface area contributed by atoms with Gasteiger partial charge in [0.05, 0.1) is 13.4 Å². The summed E-state index contributed by atoms with van der Waals surface area (Å²) in [6, 6.07) is 4.42. The van der Waals surface area contributed by atoms with Crippen molar-refractivity contribution >= 4 is 10.0 Å². The van der Waals surface area contributed by atoms with E-state index in [4.69, 9.17) is 4.74 Å². The van der Waals surface area contributed by atoms with Crippen molar-refractivity contribution in [2.24, 2.45) is 0 Å². The van der Waals surface area contributed by atoms with E-state index < -0.39 is 15.6 Å². The number of hydrogen-bond acceptors (Lipinski definition) is 4. The number of rotatable bonds is 7. The van der Waals surface area contributed by atoms with Gasteiger partial charge in [0.2, 0.25) is 10.0 Å². The van der Waals surface area contributed by atoms with Gasteiger partial charge in [-0.1, -0.05) is 6.07 Å². The molecule has 1 atom stereocenters. The molecule has 0 aromatic heterocycles. The standard InChI is InChI=1S/C14H23FN2O3S/c1-10(12-7-6-11(20-4)8-13(12)15)16-9-14(2,3)17-21(5,18)19/h6-8,10,16-17H,9H2,1-5H3. The Bertz CT molecular complexity index is 588. The highest BCUT2D eigenvalue weighted by atomic mass is 32.2. The van der Waals surface area contributed by atoms with Crippen LogP contribution in [-0.2, 0) is 10.0 Å². The average molecular weight is 318 g/mol. The Kier molecular flexibility index (Phi) is 5.72. The molecule has 0 saturated heterocycles. The zero-order valence-electron chi connectivity index (χ0n) is 13.0. The normalized spacial score (nSPS) is 14.0. The van der Waals surface area contributed by atoms with Crippen molar-refractivity contribution in [1.29, 1.82) is 0 Å². The lowest BCUT2D eigenvalue weighted by molar-refractivity contribution is 0.391. The molecule has 1 unspecified atom stereocenters. The number of hydrogen-bond donors (Lipinski definition) is 2. The number of sulfonamides is 1.